The molecular weight excluding hydrogens is 560 g/mol. The molecule has 1 aromatic heterocycles. The Morgan fingerprint density at radius 2 is 1.80 bits per heavy atom. The van der Waals surface area contributed by atoms with Crippen molar-refractivity contribution in [1.29, 1.82) is 0 Å². The van der Waals surface area contributed by atoms with Crippen molar-refractivity contribution in [3.63, 3.8) is 0 Å². The summed E-state index contributed by atoms with van der Waals surface area (Å²) >= 11 is 1.54. The Hall–Kier alpha value is -3.28. The maximum Gasteiger partial charge on any atom is 0.325 e. The number of aliphatic imine (C=N–C) groups is 1. The number of sulfonamides is 1. The molecule has 0 fully saturated rings. The van der Waals surface area contributed by atoms with E-state index < -0.39 is 27.6 Å². The van der Waals surface area contributed by atoms with E-state index in [1.165, 1.54) is 11.3 Å². The number of rotatable bonds is 11. The number of unbranched alkanes of at least 4 members (excludes halogenated alkanes) is 1. The molecule has 3 aromatic rings. The Balaban J connectivity index is 1.39. The molecule has 2 heterocycles. The van der Waals surface area contributed by atoms with Gasteiger partial charge in [0.1, 0.15) is 11.6 Å². The van der Waals surface area contributed by atoms with Crippen LogP contribution in [0.3, 0.4) is 0 Å². The average Bonchev–Trinajstić information content (AvgIpc) is 3.37. The van der Waals surface area contributed by atoms with Crippen LogP contribution in [-0.2, 0) is 37.2 Å². The van der Waals surface area contributed by atoms with E-state index in [0.29, 0.717) is 17.8 Å². The summed E-state index contributed by atoms with van der Waals surface area (Å²) in [7, 11) is -4.03. The van der Waals surface area contributed by atoms with Gasteiger partial charge >= 0.3 is 5.97 Å². The number of nitrogens with zero attached hydrogens (tertiary/aromatic N) is 1. The van der Waals surface area contributed by atoms with Gasteiger partial charge in [-0.05, 0) is 70.0 Å². The molecule has 0 radical (unpaired) electrons. The minimum atomic E-state index is -4.03. The second-order valence-corrected chi connectivity index (χ2v) is 14.0. The highest BCUT2D eigenvalue weighted by Crippen LogP contribution is 2.25. The molecule has 3 N–H and O–H groups in total. The first-order valence-corrected chi connectivity index (χ1v) is 16.2. The quantitative estimate of drug-likeness (QED) is 0.223. The third kappa shape index (κ3) is 9.11. The van der Waals surface area contributed by atoms with Gasteiger partial charge in [-0.25, -0.2) is 8.42 Å². The summed E-state index contributed by atoms with van der Waals surface area (Å²) in [5.41, 5.74) is -0.771. The topological polar surface area (TPSA) is 126 Å². The number of nitrogens with one attached hydrogen (secondary N) is 3. The zero-order valence-electron chi connectivity index (χ0n) is 23.7. The van der Waals surface area contributed by atoms with E-state index >= 15 is 0 Å². The summed E-state index contributed by atoms with van der Waals surface area (Å²) in [6, 6.07) is 15.1. The van der Waals surface area contributed by atoms with Crippen molar-refractivity contribution in [3.8, 4) is 0 Å². The molecule has 2 aromatic carbocycles. The number of benzene rings is 2. The number of fused-ring (bicyclic) bond motifs is 1. The lowest BCUT2D eigenvalue weighted by molar-refractivity contribution is -0.156. The molecule has 1 aliphatic heterocycles. The van der Waals surface area contributed by atoms with Crippen molar-refractivity contribution in [3.05, 3.63) is 64.4 Å². The molecule has 4 rings (SSSR count). The van der Waals surface area contributed by atoms with Gasteiger partial charge in [-0.15, -0.1) is 11.3 Å². The Kier molecular flexibility index (Phi) is 10.2. The highest BCUT2D eigenvalue weighted by Gasteiger charge is 2.31. The molecule has 1 atom stereocenters. The molecule has 0 bridgehead atoms. The van der Waals surface area contributed by atoms with Crippen molar-refractivity contribution >= 4 is 50.0 Å². The summed E-state index contributed by atoms with van der Waals surface area (Å²) in [5.74, 6) is -0.122. The SMILES string of the molecule is CC(C)(C)OC(=O)[C@H](Cc1ccc(CCCCC(=O)NC2=NCCCN2)s1)NS(=O)(=O)c1cccc2ccccc12. The van der Waals surface area contributed by atoms with Crippen LogP contribution in [0.25, 0.3) is 10.8 Å². The lowest BCUT2D eigenvalue weighted by atomic mass is 10.1. The van der Waals surface area contributed by atoms with Gasteiger partial charge < -0.3 is 10.1 Å². The summed E-state index contributed by atoms with van der Waals surface area (Å²) in [5, 5.41) is 7.27. The minimum Gasteiger partial charge on any atom is -0.459 e. The molecule has 41 heavy (non-hydrogen) atoms. The van der Waals surface area contributed by atoms with Crippen LogP contribution >= 0.6 is 11.3 Å². The molecule has 9 nitrogen and oxygen atoms in total. The van der Waals surface area contributed by atoms with E-state index in [4.69, 9.17) is 4.74 Å². The summed E-state index contributed by atoms with van der Waals surface area (Å²) in [4.78, 5) is 31.7. The zero-order valence-corrected chi connectivity index (χ0v) is 25.4. The maximum absolute atomic E-state index is 13.5. The first-order chi connectivity index (χ1) is 19.5. The van der Waals surface area contributed by atoms with Crippen molar-refractivity contribution in [2.24, 2.45) is 4.99 Å². The number of thiophene rings is 1. The standard InChI is InChI=1S/C30H38N4O5S2/c1-30(2,3)39-28(36)25(34-41(37,38)26-14-8-11-21-10-4-6-13-24(21)26)20-23-17-16-22(40-23)12-5-7-15-27(35)33-29-31-18-9-19-32-29/h4,6,8,10-11,13-14,16-17,25,34H,5,7,9,12,15,18-20H2,1-3H3,(H2,31,32,33,35)/t25-/m0/s1. The van der Waals surface area contributed by atoms with Crippen molar-refractivity contribution in [1.82, 2.24) is 15.4 Å². The van der Waals surface area contributed by atoms with Crippen molar-refractivity contribution in [2.75, 3.05) is 13.1 Å². The van der Waals surface area contributed by atoms with Gasteiger partial charge in [-0.3, -0.25) is 19.9 Å². The third-order valence-corrected chi connectivity index (χ3v) is 9.08. The molecule has 0 spiro atoms. The Morgan fingerprint density at radius 3 is 2.56 bits per heavy atom. The van der Waals surface area contributed by atoms with Crippen LogP contribution in [0.2, 0.25) is 0 Å². The summed E-state index contributed by atoms with van der Waals surface area (Å²) in [6.45, 7) is 6.80. The highest BCUT2D eigenvalue weighted by atomic mass is 32.2. The van der Waals surface area contributed by atoms with Crippen molar-refractivity contribution < 1.29 is 22.7 Å². The number of hydrogen-bond donors (Lipinski definition) is 3. The number of carbonyl (C=O) groups is 2. The lowest BCUT2D eigenvalue weighted by Crippen LogP contribution is -2.45. The summed E-state index contributed by atoms with van der Waals surface area (Å²) in [6.07, 6.45) is 3.90. The van der Waals surface area contributed by atoms with Crippen molar-refractivity contribution in [2.45, 2.75) is 75.8 Å². The fourth-order valence-electron chi connectivity index (χ4n) is 4.49. The minimum absolute atomic E-state index is 0.0521. The largest absolute Gasteiger partial charge is 0.459 e. The van der Waals surface area contributed by atoms with Gasteiger partial charge in [0, 0.05) is 41.1 Å². The smallest absolute Gasteiger partial charge is 0.325 e. The highest BCUT2D eigenvalue weighted by molar-refractivity contribution is 7.89. The first kappa shape index (κ1) is 30.7. The maximum atomic E-state index is 13.5. The van der Waals surface area contributed by atoms with E-state index in [0.717, 1.165) is 53.9 Å². The second-order valence-electron chi connectivity index (χ2n) is 11.0. The average molecular weight is 599 g/mol. The zero-order chi connectivity index (χ0) is 29.5. The molecule has 1 amide bonds. The molecular formula is C30H38N4O5S2. The van der Waals surface area contributed by atoms with E-state index in [-0.39, 0.29) is 17.2 Å². The van der Waals surface area contributed by atoms with Crippen LogP contribution in [0, 0.1) is 0 Å². The van der Waals surface area contributed by atoms with Gasteiger partial charge in [0.05, 0.1) is 4.90 Å². The van der Waals surface area contributed by atoms with E-state index in [9.17, 15) is 18.0 Å². The fourth-order valence-corrected chi connectivity index (χ4v) is 7.01. The van der Waals surface area contributed by atoms with Crippen LogP contribution in [0.15, 0.2) is 64.5 Å². The van der Waals surface area contributed by atoms with E-state index in [1.807, 2.05) is 30.3 Å². The van der Waals surface area contributed by atoms with Crippen LogP contribution in [0.5, 0.6) is 0 Å². The molecule has 0 unspecified atom stereocenters. The Bertz CT molecular complexity index is 1500. The molecule has 220 valence electrons. The normalized spacial score (nSPS) is 14.7. The number of carbonyl (C=O) groups excluding carboxylic acids is 2. The number of aryl methyl sites for hydroxylation is 1. The van der Waals surface area contributed by atoms with Gasteiger partial charge in [0.2, 0.25) is 15.9 Å². The number of guanidine groups is 1. The monoisotopic (exact) mass is 598 g/mol. The summed E-state index contributed by atoms with van der Waals surface area (Å²) < 4.78 is 35.3. The Morgan fingerprint density at radius 1 is 1.05 bits per heavy atom. The number of ether oxygens (including phenoxy) is 1. The number of amides is 1. The van der Waals surface area contributed by atoms with Gasteiger partial charge in [0.25, 0.3) is 0 Å². The molecule has 0 saturated carbocycles. The van der Waals surface area contributed by atoms with Crippen LogP contribution in [0.1, 0.15) is 56.2 Å². The van der Waals surface area contributed by atoms with Gasteiger partial charge in [-0.2, -0.15) is 4.72 Å². The second kappa shape index (κ2) is 13.6. The predicted molar refractivity (Wildman–Crippen MR) is 163 cm³/mol. The molecule has 1 aliphatic rings. The molecule has 11 heteroatoms. The number of esters is 1. The van der Waals surface area contributed by atoms with Gasteiger partial charge in [0.15, 0.2) is 5.96 Å². The molecule has 0 saturated heterocycles. The van der Waals surface area contributed by atoms with Crippen LogP contribution in [0.4, 0.5) is 0 Å². The Labute approximate surface area is 245 Å². The number of hydrogen-bond acceptors (Lipinski definition) is 8. The predicted octanol–water partition coefficient (Wildman–Crippen LogP) is 4.31. The third-order valence-electron chi connectivity index (χ3n) is 6.38. The first-order valence-electron chi connectivity index (χ1n) is 13.9. The van der Waals surface area contributed by atoms with Gasteiger partial charge in [-0.1, -0.05) is 36.4 Å². The van der Waals surface area contributed by atoms with E-state index in [2.05, 4.69) is 20.3 Å². The fraction of sp³-hybridized carbons (Fsp3) is 0.433. The van der Waals surface area contributed by atoms with Crippen LogP contribution < -0.4 is 15.4 Å². The lowest BCUT2D eigenvalue weighted by Gasteiger charge is -2.24. The van der Waals surface area contributed by atoms with E-state index in [1.54, 1.807) is 45.0 Å². The van der Waals surface area contributed by atoms with Crippen LogP contribution in [-0.4, -0.2) is 51.0 Å². The molecule has 0 aliphatic carbocycles.